The van der Waals surface area contributed by atoms with Crippen LogP contribution >= 0.6 is 0 Å². The van der Waals surface area contributed by atoms with Gasteiger partial charge in [-0.05, 0) is 31.0 Å². The molecule has 0 fully saturated rings. The van der Waals surface area contributed by atoms with Gasteiger partial charge in [0.25, 0.3) is 0 Å². The first-order valence-corrected chi connectivity index (χ1v) is 5.49. The van der Waals surface area contributed by atoms with E-state index in [1.54, 1.807) is 0 Å². The molecule has 0 aliphatic rings. The summed E-state index contributed by atoms with van der Waals surface area (Å²) in [6.45, 7) is 4.29. The number of nitrogens with zero attached hydrogens (tertiary/aromatic N) is 1. The van der Waals surface area contributed by atoms with Gasteiger partial charge in [0, 0.05) is 12.2 Å². The zero-order valence-electron chi connectivity index (χ0n) is 9.83. The Morgan fingerprint density at radius 1 is 1.38 bits per heavy atom. The third-order valence-electron chi connectivity index (χ3n) is 2.67. The normalized spacial score (nSPS) is 13.9. The molecule has 1 rings (SSSR count). The highest BCUT2D eigenvalue weighted by molar-refractivity contribution is 5.45. The monoisotopic (exact) mass is 218 g/mol. The van der Waals surface area contributed by atoms with Crippen LogP contribution in [0.25, 0.3) is 0 Å². The highest BCUT2D eigenvalue weighted by Gasteiger charge is 2.16. The molecule has 1 atom stereocenters. The third-order valence-corrected chi connectivity index (χ3v) is 2.67. The Morgan fingerprint density at radius 3 is 2.50 bits per heavy atom. The zero-order chi connectivity index (χ0) is 12.0. The van der Waals surface area contributed by atoms with E-state index in [0.29, 0.717) is 19.4 Å². The molecule has 3 nitrogen and oxygen atoms in total. The first kappa shape index (κ1) is 12.5. The Morgan fingerprint density at radius 2 is 2.00 bits per heavy atom. The molecule has 0 amide bonds. The minimum absolute atomic E-state index is 0.437. The van der Waals surface area contributed by atoms with Crippen LogP contribution in [0.15, 0.2) is 24.3 Å². The second-order valence-electron chi connectivity index (χ2n) is 4.24. The largest absolute Gasteiger partial charge is 0.388 e. The Balaban J connectivity index is 2.53. The standard InChI is InChI=1S/C13H18N2O/c1-3-13(2,16)10-15-12-6-4-11(5-7-12)8-9-14/h4-7,15-16H,3,8,10H2,1-2H3. The number of nitriles is 1. The summed E-state index contributed by atoms with van der Waals surface area (Å²) in [4.78, 5) is 0. The summed E-state index contributed by atoms with van der Waals surface area (Å²) in [6.07, 6.45) is 1.15. The van der Waals surface area contributed by atoms with Gasteiger partial charge in [-0.3, -0.25) is 0 Å². The molecule has 16 heavy (non-hydrogen) atoms. The summed E-state index contributed by atoms with van der Waals surface area (Å²) < 4.78 is 0. The topological polar surface area (TPSA) is 56.0 Å². The van der Waals surface area contributed by atoms with Gasteiger partial charge in [-0.15, -0.1) is 0 Å². The Bertz CT molecular complexity index is 363. The van der Waals surface area contributed by atoms with Crippen molar-refractivity contribution in [3.05, 3.63) is 29.8 Å². The predicted octanol–water partition coefficient (Wildman–Crippen LogP) is 2.33. The van der Waals surface area contributed by atoms with Gasteiger partial charge in [0.1, 0.15) is 0 Å². The number of aliphatic hydroxyl groups is 1. The van der Waals surface area contributed by atoms with Crippen molar-refractivity contribution in [2.24, 2.45) is 0 Å². The van der Waals surface area contributed by atoms with E-state index in [0.717, 1.165) is 11.3 Å². The first-order chi connectivity index (χ1) is 7.57. The Kier molecular flexibility index (Phi) is 4.33. The summed E-state index contributed by atoms with van der Waals surface area (Å²) in [5.41, 5.74) is 1.30. The highest BCUT2D eigenvalue weighted by Crippen LogP contribution is 2.13. The molecule has 3 heteroatoms. The maximum absolute atomic E-state index is 9.82. The molecule has 1 unspecified atom stereocenters. The van der Waals surface area contributed by atoms with Crippen molar-refractivity contribution in [3.63, 3.8) is 0 Å². The highest BCUT2D eigenvalue weighted by atomic mass is 16.3. The van der Waals surface area contributed by atoms with E-state index < -0.39 is 5.60 Å². The van der Waals surface area contributed by atoms with Crippen molar-refractivity contribution < 1.29 is 5.11 Å². The van der Waals surface area contributed by atoms with Gasteiger partial charge in [-0.25, -0.2) is 0 Å². The molecule has 0 heterocycles. The van der Waals surface area contributed by atoms with Crippen LogP contribution in [0.3, 0.4) is 0 Å². The molecular formula is C13H18N2O. The van der Waals surface area contributed by atoms with Crippen molar-refractivity contribution in [1.29, 1.82) is 5.26 Å². The van der Waals surface area contributed by atoms with Gasteiger partial charge in [-0.1, -0.05) is 19.1 Å². The van der Waals surface area contributed by atoms with E-state index in [4.69, 9.17) is 5.26 Å². The predicted molar refractivity (Wildman–Crippen MR) is 65.2 cm³/mol. The fourth-order valence-electron chi connectivity index (χ4n) is 1.25. The van der Waals surface area contributed by atoms with Crippen LogP contribution in [-0.4, -0.2) is 17.3 Å². The Labute approximate surface area is 96.7 Å². The lowest BCUT2D eigenvalue weighted by Crippen LogP contribution is -2.32. The molecule has 0 saturated heterocycles. The number of hydrogen-bond acceptors (Lipinski definition) is 3. The summed E-state index contributed by atoms with van der Waals surface area (Å²) in [5.74, 6) is 0. The van der Waals surface area contributed by atoms with E-state index in [-0.39, 0.29) is 0 Å². The van der Waals surface area contributed by atoms with Gasteiger partial charge < -0.3 is 10.4 Å². The van der Waals surface area contributed by atoms with Gasteiger partial charge in [0.15, 0.2) is 0 Å². The molecule has 0 aliphatic carbocycles. The molecule has 86 valence electrons. The smallest absolute Gasteiger partial charge is 0.0788 e. The fourth-order valence-corrected chi connectivity index (χ4v) is 1.25. The van der Waals surface area contributed by atoms with Gasteiger partial charge in [0.05, 0.1) is 18.1 Å². The van der Waals surface area contributed by atoms with Crippen LogP contribution in [0.5, 0.6) is 0 Å². The number of anilines is 1. The maximum atomic E-state index is 9.82. The lowest BCUT2D eigenvalue weighted by Gasteiger charge is -2.22. The van der Waals surface area contributed by atoms with Crippen molar-refractivity contribution in [3.8, 4) is 6.07 Å². The molecule has 0 radical (unpaired) electrons. The summed E-state index contributed by atoms with van der Waals surface area (Å²) in [5, 5.41) is 21.5. The number of hydrogen-bond donors (Lipinski definition) is 2. The van der Waals surface area contributed by atoms with Crippen molar-refractivity contribution in [2.75, 3.05) is 11.9 Å². The van der Waals surface area contributed by atoms with Crippen LogP contribution in [0.2, 0.25) is 0 Å². The van der Waals surface area contributed by atoms with E-state index in [1.165, 1.54) is 0 Å². The molecule has 0 aliphatic heterocycles. The molecule has 0 bridgehead atoms. The first-order valence-electron chi connectivity index (χ1n) is 5.49. The lowest BCUT2D eigenvalue weighted by molar-refractivity contribution is 0.0697. The lowest BCUT2D eigenvalue weighted by atomic mass is 10.0. The Hall–Kier alpha value is -1.53. The van der Waals surface area contributed by atoms with E-state index in [2.05, 4.69) is 11.4 Å². The quantitative estimate of drug-likeness (QED) is 0.797. The molecule has 2 N–H and O–H groups in total. The van der Waals surface area contributed by atoms with Crippen molar-refractivity contribution in [2.45, 2.75) is 32.3 Å². The number of rotatable bonds is 5. The SMILES string of the molecule is CCC(C)(O)CNc1ccc(CC#N)cc1. The average Bonchev–Trinajstić information content (AvgIpc) is 2.29. The van der Waals surface area contributed by atoms with Gasteiger partial charge >= 0.3 is 0 Å². The summed E-state index contributed by atoms with van der Waals surface area (Å²) in [6, 6.07) is 9.81. The van der Waals surface area contributed by atoms with Crippen LogP contribution in [0.4, 0.5) is 5.69 Å². The van der Waals surface area contributed by atoms with Crippen LogP contribution < -0.4 is 5.32 Å². The summed E-state index contributed by atoms with van der Waals surface area (Å²) >= 11 is 0. The molecule has 1 aromatic rings. The fraction of sp³-hybridized carbons (Fsp3) is 0.462. The number of nitrogens with one attached hydrogen (secondary N) is 1. The molecule has 0 saturated carbocycles. The van der Waals surface area contributed by atoms with E-state index in [1.807, 2.05) is 38.1 Å². The molecule has 0 spiro atoms. The van der Waals surface area contributed by atoms with E-state index in [9.17, 15) is 5.11 Å². The minimum atomic E-state index is -0.675. The molecule has 0 aromatic heterocycles. The van der Waals surface area contributed by atoms with Gasteiger partial charge in [-0.2, -0.15) is 5.26 Å². The second-order valence-corrected chi connectivity index (χ2v) is 4.24. The zero-order valence-corrected chi connectivity index (χ0v) is 9.83. The number of benzene rings is 1. The van der Waals surface area contributed by atoms with Crippen LogP contribution in [0, 0.1) is 11.3 Å². The van der Waals surface area contributed by atoms with Gasteiger partial charge in [0.2, 0.25) is 0 Å². The maximum Gasteiger partial charge on any atom is 0.0788 e. The minimum Gasteiger partial charge on any atom is -0.388 e. The molecule has 1 aromatic carbocycles. The second kappa shape index (κ2) is 5.53. The van der Waals surface area contributed by atoms with Crippen LogP contribution in [0.1, 0.15) is 25.8 Å². The van der Waals surface area contributed by atoms with Crippen molar-refractivity contribution in [1.82, 2.24) is 0 Å². The summed E-state index contributed by atoms with van der Waals surface area (Å²) in [7, 11) is 0. The van der Waals surface area contributed by atoms with Crippen LogP contribution in [-0.2, 0) is 6.42 Å². The van der Waals surface area contributed by atoms with E-state index >= 15 is 0 Å². The molecular weight excluding hydrogens is 200 g/mol. The van der Waals surface area contributed by atoms with Crippen molar-refractivity contribution >= 4 is 5.69 Å². The average molecular weight is 218 g/mol. The third kappa shape index (κ3) is 3.92.